The van der Waals surface area contributed by atoms with E-state index in [1.165, 1.54) is 6.33 Å². The van der Waals surface area contributed by atoms with Crippen molar-refractivity contribution in [1.82, 2.24) is 25.4 Å². The molecule has 1 aliphatic heterocycles. The number of carbonyl (C=O) groups excluding carboxylic acids is 1. The Balaban J connectivity index is 2.10. The van der Waals surface area contributed by atoms with Gasteiger partial charge in [-0.1, -0.05) is 0 Å². The molecule has 1 fully saturated rings. The van der Waals surface area contributed by atoms with E-state index in [9.17, 15) is 4.79 Å². The zero-order chi connectivity index (χ0) is 9.97. The van der Waals surface area contributed by atoms with Crippen LogP contribution in [0.2, 0.25) is 0 Å². The maximum Gasteiger partial charge on any atom is 0.291 e. The summed E-state index contributed by atoms with van der Waals surface area (Å²) in [7, 11) is 0. The number of nitrogens with zero attached hydrogens (tertiary/aromatic N) is 3. The molecule has 6 nitrogen and oxygen atoms in total. The fourth-order valence-electron chi connectivity index (χ4n) is 1.59. The predicted molar refractivity (Wildman–Crippen MR) is 49.8 cm³/mol. The van der Waals surface area contributed by atoms with Crippen LogP contribution in [0, 0.1) is 0 Å². The third-order valence-corrected chi connectivity index (χ3v) is 2.38. The SMILES string of the molecule is CC1CNCCN1C(=O)c1ncn[nH]1. The Labute approximate surface area is 81.7 Å². The molecule has 1 aromatic heterocycles. The van der Waals surface area contributed by atoms with E-state index in [0.717, 1.165) is 19.6 Å². The third kappa shape index (κ3) is 1.60. The molecule has 1 saturated heterocycles. The van der Waals surface area contributed by atoms with E-state index in [0.29, 0.717) is 5.82 Å². The first kappa shape index (κ1) is 9.14. The molecule has 0 aliphatic carbocycles. The predicted octanol–water partition coefficient (Wildman–Crippen LogP) is -0.761. The summed E-state index contributed by atoms with van der Waals surface area (Å²) in [6, 6.07) is 0.210. The van der Waals surface area contributed by atoms with Gasteiger partial charge in [0.2, 0.25) is 5.82 Å². The van der Waals surface area contributed by atoms with Crippen LogP contribution in [0.1, 0.15) is 17.5 Å². The molecule has 0 radical (unpaired) electrons. The molecule has 76 valence electrons. The van der Waals surface area contributed by atoms with Gasteiger partial charge in [-0.2, -0.15) is 5.10 Å². The number of hydrogen-bond acceptors (Lipinski definition) is 4. The Morgan fingerprint density at radius 3 is 3.21 bits per heavy atom. The molecular weight excluding hydrogens is 182 g/mol. The topological polar surface area (TPSA) is 73.9 Å². The number of rotatable bonds is 1. The van der Waals surface area contributed by atoms with E-state index in [-0.39, 0.29) is 11.9 Å². The Bertz CT molecular complexity index is 310. The molecule has 0 spiro atoms. The van der Waals surface area contributed by atoms with Gasteiger partial charge >= 0.3 is 0 Å². The second-order valence-corrected chi connectivity index (χ2v) is 3.39. The minimum Gasteiger partial charge on any atom is -0.331 e. The summed E-state index contributed by atoms with van der Waals surface area (Å²) in [5.41, 5.74) is 0. The highest BCUT2D eigenvalue weighted by Gasteiger charge is 2.25. The number of hydrogen-bond donors (Lipinski definition) is 2. The van der Waals surface area contributed by atoms with Crippen LogP contribution in [0.15, 0.2) is 6.33 Å². The van der Waals surface area contributed by atoms with Gasteiger partial charge < -0.3 is 10.2 Å². The Kier molecular flexibility index (Phi) is 2.45. The average molecular weight is 195 g/mol. The first-order valence-electron chi connectivity index (χ1n) is 4.66. The van der Waals surface area contributed by atoms with Crippen molar-refractivity contribution in [2.45, 2.75) is 13.0 Å². The number of aromatic amines is 1. The summed E-state index contributed by atoms with van der Waals surface area (Å²) in [6.07, 6.45) is 1.35. The van der Waals surface area contributed by atoms with Crippen molar-refractivity contribution < 1.29 is 4.79 Å². The highest BCUT2D eigenvalue weighted by molar-refractivity contribution is 5.90. The zero-order valence-electron chi connectivity index (χ0n) is 8.03. The molecule has 1 atom stereocenters. The fraction of sp³-hybridized carbons (Fsp3) is 0.625. The molecule has 6 heteroatoms. The van der Waals surface area contributed by atoms with Crippen LogP contribution in [-0.2, 0) is 0 Å². The Morgan fingerprint density at radius 1 is 1.71 bits per heavy atom. The van der Waals surface area contributed by atoms with E-state index in [1.54, 1.807) is 4.90 Å². The van der Waals surface area contributed by atoms with Crippen molar-refractivity contribution >= 4 is 5.91 Å². The molecule has 1 aromatic rings. The second kappa shape index (κ2) is 3.75. The van der Waals surface area contributed by atoms with E-state index in [1.807, 2.05) is 6.92 Å². The maximum absolute atomic E-state index is 11.8. The van der Waals surface area contributed by atoms with Gasteiger partial charge in [-0.3, -0.25) is 9.89 Å². The van der Waals surface area contributed by atoms with Gasteiger partial charge in [0, 0.05) is 25.7 Å². The lowest BCUT2D eigenvalue weighted by molar-refractivity contribution is 0.0643. The minimum absolute atomic E-state index is 0.0727. The van der Waals surface area contributed by atoms with Crippen molar-refractivity contribution in [3.8, 4) is 0 Å². The Hall–Kier alpha value is -1.43. The van der Waals surface area contributed by atoms with Crippen molar-refractivity contribution in [2.24, 2.45) is 0 Å². The van der Waals surface area contributed by atoms with E-state index < -0.39 is 0 Å². The first-order chi connectivity index (χ1) is 6.79. The number of amides is 1. The van der Waals surface area contributed by atoms with Crippen LogP contribution >= 0.6 is 0 Å². The normalized spacial score (nSPS) is 22.4. The smallest absolute Gasteiger partial charge is 0.291 e. The van der Waals surface area contributed by atoms with Gasteiger partial charge in [0.05, 0.1) is 0 Å². The lowest BCUT2D eigenvalue weighted by Crippen LogP contribution is -2.52. The average Bonchev–Trinajstić information content (AvgIpc) is 2.70. The molecule has 1 amide bonds. The van der Waals surface area contributed by atoms with E-state index in [2.05, 4.69) is 20.5 Å². The monoisotopic (exact) mass is 195 g/mol. The summed E-state index contributed by atoms with van der Waals surface area (Å²) in [5.74, 6) is 0.246. The van der Waals surface area contributed by atoms with Gasteiger partial charge in [-0.05, 0) is 6.92 Å². The van der Waals surface area contributed by atoms with E-state index in [4.69, 9.17) is 0 Å². The standard InChI is InChI=1S/C8H13N5O/c1-6-4-9-2-3-13(6)8(14)7-10-5-11-12-7/h5-6,9H,2-4H2,1H3,(H,10,11,12). The van der Waals surface area contributed by atoms with Gasteiger partial charge in [-0.25, -0.2) is 4.98 Å². The van der Waals surface area contributed by atoms with Crippen LogP contribution in [0.25, 0.3) is 0 Å². The van der Waals surface area contributed by atoms with Crippen molar-refractivity contribution in [3.63, 3.8) is 0 Å². The molecule has 2 heterocycles. The van der Waals surface area contributed by atoms with Gasteiger partial charge in [0.1, 0.15) is 6.33 Å². The number of piperazine rings is 1. The van der Waals surface area contributed by atoms with Gasteiger partial charge in [-0.15, -0.1) is 0 Å². The van der Waals surface area contributed by atoms with Crippen LogP contribution in [-0.4, -0.2) is 51.7 Å². The van der Waals surface area contributed by atoms with Crippen LogP contribution in [0.4, 0.5) is 0 Å². The zero-order valence-corrected chi connectivity index (χ0v) is 8.03. The van der Waals surface area contributed by atoms with Gasteiger partial charge in [0.15, 0.2) is 0 Å². The van der Waals surface area contributed by atoms with Crippen molar-refractivity contribution in [2.75, 3.05) is 19.6 Å². The lowest BCUT2D eigenvalue weighted by Gasteiger charge is -2.33. The lowest BCUT2D eigenvalue weighted by atomic mass is 10.2. The molecule has 0 bridgehead atoms. The maximum atomic E-state index is 11.8. The van der Waals surface area contributed by atoms with Crippen molar-refractivity contribution in [3.05, 3.63) is 12.2 Å². The number of H-pyrrole nitrogens is 1. The Morgan fingerprint density at radius 2 is 2.57 bits per heavy atom. The molecule has 2 N–H and O–H groups in total. The summed E-state index contributed by atoms with van der Waals surface area (Å²) >= 11 is 0. The molecule has 0 saturated carbocycles. The van der Waals surface area contributed by atoms with Crippen LogP contribution < -0.4 is 5.32 Å². The summed E-state index contributed by atoms with van der Waals surface area (Å²) < 4.78 is 0. The first-order valence-corrected chi connectivity index (χ1v) is 4.66. The molecule has 0 aromatic carbocycles. The second-order valence-electron chi connectivity index (χ2n) is 3.39. The molecular formula is C8H13N5O. The molecule has 1 unspecified atom stereocenters. The van der Waals surface area contributed by atoms with Crippen LogP contribution in [0.3, 0.4) is 0 Å². The van der Waals surface area contributed by atoms with E-state index >= 15 is 0 Å². The van der Waals surface area contributed by atoms with Crippen molar-refractivity contribution in [1.29, 1.82) is 0 Å². The highest BCUT2D eigenvalue weighted by Crippen LogP contribution is 2.06. The number of carbonyl (C=O) groups is 1. The summed E-state index contributed by atoms with van der Waals surface area (Å²) in [6.45, 7) is 4.41. The molecule has 14 heavy (non-hydrogen) atoms. The molecule has 2 rings (SSSR count). The largest absolute Gasteiger partial charge is 0.331 e. The minimum atomic E-state index is -0.0727. The summed E-state index contributed by atoms with van der Waals surface area (Å²) in [4.78, 5) is 17.5. The number of nitrogens with one attached hydrogen (secondary N) is 2. The highest BCUT2D eigenvalue weighted by atomic mass is 16.2. The third-order valence-electron chi connectivity index (χ3n) is 2.38. The van der Waals surface area contributed by atoms with Gasteiger partial charge in [0.25, 0.3) is 5.91 Å². The number of aromatic nitrogens is 3. The quantitative estimate of drug-likeness (QED) is 0.617. The van der Waals surface area contributed by atoms with Crippen LogP contribution in [0.5, 0.6) is 0 Å². The summed E-state index contributed by atoms with van der Waals surface area (Å²) in [5, 5.41) is 9.47. The fourth-order valence-corrected chi connectivity index (χ4v) is 1.59. The molecule has 1 aliphatic rings.